The van der Waals surface area contributed by atoms with Gasteiger partial charge in [-0.2, -0.15) is 0 Å². The molecule has 1 aliphatic heterocycles. The molecule has 1 heterocycles. The molecule has 0 saturated carbocycles. The molecule has 2 aromatic carbocycles. The molecule has 12 nitrogen and oxygen atoms in total. The molecule has 0 radical (unpaired) electrons. The van der Waals surface area contributed by atoms with Crippen molar-refractivity contribution in [2.75, 3.05) is 19.7 Å². The third kappa shape index (κ3) is 8.02. The Morgan fingerprint density at radius 2 is 1.42 bits per heavy atom. The summed E-state index contributed by atoms with van der Waals surface area (Å²) in [6.45, 7) is 9.79. The minimum absolute atomic E-state index is 0.0551. The Bertz CT molecular complexity index is 1380. The second-order valence-corrected chi connectivity index (χ2v) is 12.5. The lowest BCUT2D eigenvalue weighted by Gasteiger charge is -2.24. The molecule has 2 atom stereocenters. The third-order valence-corrected chi connectivity index (χ3v) is 6.79. The highest BCUT2D eigenvalue weighted by Gasteiger charge is 2.41. The van der Waals surface area contributed by atoms with Crippen molar-refractivity contribution in [2.45, 2.75) is 64.7 Å². The van der Waals surface area contributed by atoms with Crippen LogP contribution in [0, 0.1) is 5.92 Å². The molecule has 1 aliphatic carbocycles. The summed E-state index contributed by atoms with van der Waals surface area (Å²) in [5.74, 6) is -2.70. The molecule has 2 aromatic rings. The Hall–Kier alpha value is -4.61. The topological polar surface area (TPSA) is 156 Å². The monoisotopic (exact) mass is 594 g/mol. The van der Waals surface area contributed by atoms with E-state index in [0.717, 1.165) is 22.3 Å². The first-order valence-corrected chi connectivity index (χ1v) is 14.0. The number of carbonyl (C=O) groups is 4. The molecular weight excluding hydrogens is 556 g/mol. The van der Waals surface area contributed by atoms with Crippen molar-refractivity contribution in [3.05, 3.63) is 59.7 Å². The van der Waals surface area contributed by atoms with Crippen LogP contribution in [0.3, 0.4) is 0 Å². The SMILES string of the molecule is CC(C)(C)OC(=O)/N=C(/NC(=O)OC(C)(C)C)N1C[C@H](NC(=O)OCC2c3ccccc3-c3ccccc32)[C@@H](C(=O)O)C1. The van der Waals surface area contributed by atoms with Gasteiger partial charge in [-0.1, -0.05) is 48.5 Å². The zero-order valence-corrected chi connectivity index (χ0v) is 25.2. The first-order chi connectivity index (χ1) is 20.1. The van der Waals surface area contributed by atoms with Gasteiger partial charge in [0.05, 0.1) is 12.0 Å². The summed E-state index contributed by atoms with van der Waals surface area (Å²) >= 11 is 0. The van der Waals surface area contributed by atoms with Crippen molar-refractivity contribution in [2.24, 2.45) is 10.9 Å². The number of carbonyl (C=O) groups excluding carboxylic acids is 3. The number of fused-ring (bicyclic) bond motifs is 3. The lowest BCUT2D eigenvalue weighted by Crippen LogP contribution is -2.47. The van der Waals surface area contributed by atoms with Crippen LogP contribution in [0.1, 0.15) is 58.6 Å². The zero-order valence-electron chi connectivity index (χ0n) is 25.2. The highest BCUT2D eigenvalue weighted by molar-refractivity contribution is 5.99. The van der Waals surface area contributed by atoms with Crippen LogP contribution >= 0.6 is 0 Å². The summed E-state index contributed by atoms with van der Waals surface area (Å²) in [4.78, 5) is 55.4. The largest absolute Gasteiger partial charge is 0.481 e. The van der Waals surface area contributed by atoms with Crippen LogP contribution < -0.4 is 10.6 Å². The predicted octanol–water partition coefficient (Wildman–Crippen LogP) is 4.73. The summed E-state index contributed by atoms with van der Waals surface area (Å²) in [6.07, 6.45) is -2.67. The van der Waals surface area contributed by atoms with Gasteiger partial charge in [0.15, 0.2) is 0 Å². The number of ether oxygens (including phenoxy) is 3. The molecule has 0 spiro atoms. The maximum absolute atomic E-state index is 13.0. The van der Waals surface area contributed by atoms with Gasteiger partial charge < -0.3 is 29.5 Å². The number of aliphatic carboxylic acids is 1. The summed E-state index contributed by atoms with van der Waals surface area (Å²) in [5.41, 5.74) is 2.55. The lowest BCUT2D eigenvalue weighted by molar-refractivity contribution is -0.141. The van der Waals surface area contributed by atoms with Crippen LogP contribution in [0.4, 0.5) is 14.4 Å². The number of amides is 3. The van der Waals surface area contributed by atoms with E-state index in [4.69, 9.17) is 14.2 Å². The minimum atomic E-state index is -1.18. The van der Waals surface area contributed by atoms with Crippen LogP contribution in [0.15, 0.2) is 53.5 Å². The number of likely N-dealkylation sites (tertiary alicyclic amines) is 1. The number of nitrogens with zero attached hydrogens (tertiary/aromatic N) is 2. The number of rotatable bonds is 4. The number of hydrogen-bond acceptors (Lipinski definition) is 7. The van der Waals surface area contributed by atoms with Gasteiger partial charge in [0.1, 0.15) is 17.8 Å². The molecule has 3 amide bonds. The number of guanidine groups is 1. The van der Waals surface area contributed by atoms with E-state index in [1.807, 2.05) is 48.5 Å². The fourth-order valence-electron chi connectivity index (χ4n) is 5.11. The Labute approximate surface area is 250 Å². The molecule has 0 aromatic heterocycles. The average Bonchev–Trinajstić information content (AvgIpc) is 3.44. The van der Waals surface area contributed by atoms with Crippen LogP contribution in [0.5, 0.6) is 0 Å². The van der Waals surface area contributed by atoms with Crippen molar-refractivity contribution in [3.8, 4) is 11.1 Å². The maximum Gasteiger partial charge on any atom is 0.437 e. The molecule has 0 bridgehead atoms. The lowest BCUT2D eigenvalue weighted by atomic mass is 9.98. The Morgan fingerprint density at radius 3 is 1.95 bits per heavy atom. The van der Waals surface area contributed by atoms with Gasteiger partial charge in [0.2, 0.25) is 5.96 Å². The smallest absolute Gasteiger partial charge is 0.437 e. The van der Waals surface area contributed by atoms with E-state index < -0.39 is 47.4 Å². The van der Waals surface area contributed by atoms with Gasteiger partial charge in [0.25, 0.3) is 0 Å². The maximum atomic E-state index is 13.0. The van der Waals surface area contributed by atoms with Crippen molar-refractivity contribution in [3.63, 3.8) is 0 Å². The van der Waals surface area contributed by atoms with E-state index in [1.165, 1.54) is 4.90 Å². The van der Waals surface area contributed by atoms with Crippen molar-refractivity contribution < 1.29 is 38.5 Å². The summed E-state index contributed by atoms with van der Waals surface area (Å²) < 4.78 is 16.2. The minimum Gasteiger partial charge on any atom is -0.481 e. The average molecular weight is 595 g/mol. The van der Waals surface area contributed by atoms with Gasteiger partial charge in [-0.3, -0.25) is 10.1 Å². The molecule has 3 N–H and O–H groups in total. The first-order valence-electron chi connectivity index (χ1n) is 14.0. The molecule has 1 saturated heterocycles. The molecule has 1 fully saturated rings. The van der Waals surface area contributed by atoms with Gasteiger partial charge in [-0.15, -0.1) is 4.99 Å². The van der Waals surface area contributed by atoms with Crippen LogP contribution in [-0.4, -0.2) is 77.2 Å². The number of aliphatic imine (C=N–C) groups is 1. The zero-order chi connectivity index (χ0) is 31.5. The predicted molar refractivity (Wildman–Crippen MR) is 158 cm³/mol. The number of benzene rings is 2. The summed E-state index contributed by atoms with van der Waals surface area (Å²) in [5, 5.41) is 15.0. The van der Waals surface area contributed by atoms with Crippen molar-refractivity contribution >= 4 is 30.2 Å². The van der Waals surface area contributed by atoms with E-state index >= 15 is 0 Å². The molecule has 230 valence electrons. The third-order valence-electron chi connectivity index (χ3n) is 6.79. The van der Waals surface area contributed by atoms with Crippen molar-refractivity contribution in [1.29, 1.82) is 0 Å². The van der Waals surface area contributed by atoms with E-state index in [2.05, 4.69) is 15.6 Å². The van der Waals surface area contributed by atoms with E-state index in [1.54, 1.807) is 41.5 Å². The Balaban J connectivity index is 1.47. The fourth-order valence-corrected chi connectivity index (χ4v) is 5.11. The number of hydrogen-bond donors (Lipinski definition) is 3. The van der Waals surface area contributed by atoms with Crippen molar-refractivity contribution in [1.82, 2.24) is 15.5 Å². The fraction of sp³-hybridized carbons (Fsp3) is 0.452. The van der Waals surface area contributed by atoms with Gasteiger partial charge in [-0.05, 0) is 63.8 Å². The molecule has 12 heteroatoms. The summed E-state index contributed by atoms with van der Waals surface area (Å²) in [6, 6.07) is 14.9. The van der Waals surface area contributed by atoms with E-state index in [-0.39, 0.29) is 31.6 Å². The molecule has 43 heavy (non-hydrogen) atoms. The quantitative estimate of drug-likeness (QED) is 0.259. The Morgan fingerprint density at radius 1 is 0.860 bits per heavy atom. The van der Waals surface area contributed by atoms with Gasteiger partial charge in [-0.25, -0.2) is 14.4 Å². The summed E-state index contributed by atoms with van der Waals surface area (Å²) in [7, 11) is 0. The van der Waals surface area contributed by atoms with E-state index in [0.29, 0.717) is 0 Å². The highest BCUT2D eigenvalue weighted by Crippen LogP contribution is 2.44. The molecule has 4 rings (SSSR count). The Kier molecular flexibility index (Phi) is 8.98. The van der Waals surface area contributed by atoms with Crippen LogP contribution in [0.25, 0.3) is 11.1 Å². The second-order valence-electron chi connectivity index (χ2n) is 12.5. The van der Waals surface area contributed by atoms with Crippen LogP contribution in [-0.2, 0) is 19.0 Å². The standard InChI is InChI=1S/C31H38N4O8/c1-30(2,3)42-28(39)33-26(34-29(40)43-31(4,5)6)35-15-22(25(36)37)24(16-35)32-27(38)41-17-23-20-13-9-7-11-18(20)19-12-8-10-14-21(19)23/h7-14,22-24H,15-17H2,1-6H3,(H,32,38)(H,36,37)(H,33,34,39,40)/t22-,24-/m0/s1. The molecular formula is C31H38N4O8. The highest BCUT2D eigenvalue weighted by atomic mass is 16.6. The van der Waals surface area contributed by atoms with Gasteiger partial charge >= 0.3 is 24.2 Å². The molecule has 0 unspecified atom stereocenters. The molecule has 2 aliphatic rings. The normalized spacial score (nSPS) is 18.4. The number of carboxylic acids is 1. The second kappa shape index (κ2) is 12.3. The van der Waals surface area contributed by atoms with Crippen LogP contribution in [0.2, 0.25) is 0 Å². The number of alkyl carbamates (subject to hydrolysis) is 2. The first kappa shape index (κ1) is 31.3. The van der Waals surface area contributed by atoms with Gasteiger partial charge in [0, 0.05) is 19.0 Å². The van der Waals surface area contributed by atoms with E-state index in [9.17, 15) is 24.3 Å². The number of nitrogens with one attached hydrogen (secondary N) is 2. The number of carboxylic acid groups (broad SMARTS) is 1.